The van der Waals surface area contributed by atoms with Crippen LogP contribution in [0.5, 0.6) is 11.5 Å². The van der Waals surface area contributed by atoms with Gasteiger partial charge in [0.15, 0.2) is 11.5 Å². The Hall–Kier alpha value is -1.82. The molecule has 138 valence electrons. The summed E-state index contributed by atoms with van der Waals surface area (Å²) in [5, 5.41) is 12.6. The van der Waals surface area contributed by atoms with E-state index in [2.05, 4.69) is 5.32 Å². The lowest BCUT2D eigenvalue weighted by atomic mass is 10.1. The van der Waals surface area contributed by atoms with Crippen LogP contribution in [0.25, 0.3) is 0 Å². The Balaban J connectivity index is 0.00000312. The lowest BCUT2D eigenvalue weighted by Gasteiger charge is -2.23. The smallest absolute Gasteiger partial charge is 0.161 e. The lowest BCUT2D eigenvalue weighted by Crippen LogP contribution is -2.42. The minimum atomic E-state index is -0.342. The van der Waals surface area contributed by atoms with Crippen molar-refractivity contribution in [2.24, 2.45) is 0 Å². The van der Waals surface area contributed by atoms with Crippen molar-refractivity contribution in [3.05, 3.63) is 59.4 Å². The van der Waals surface area contributed by atoms with E-state index in [0.717, 1.165) is 11.1 Å². The lowest BCUT2D eigenvalue weighted by molar-refractivity contribution is 0.187. The van der Waals surface area contributed by atoms with Crippen molar-refractivity contribution in [3.63, 3.8) is 0 Å². The molecule has 0 aliphatic heterocycles. The van der Waals surface area contributed by atoms with E-state index in [1.807, 2.05) is 32.0 Å². The third-order valence-electron chi connectivity index (χ3n) is 3.70. The summed E-state index contributed by atoms with van der Waals surface area (Å²) in [6.07, 6.45) is 0. The summed E-state index contributed by atoms with van der Waals surface area (Å²) in [5.74, 6) is 1.00. The van der Waals surface area contributed by atoms with Crippen molar-refractivity contribution in [3.8, 4) is 11.5 Å². The minimum Gasteiger partial charge on any atom is -0.493 e. The summed E-state index contributed by atoms with van der Waals surface area (Å²) >= 11 is 0. The molecule has 0 unspecified atom stereocenters. The summed E-state index contributed by atoms with van der Waals surface area (Å²) in [6, 6.07) is 11.9. The fourth-order valence-corrected chi connectivity index (χ4v) is 2.08. The van der Waals surface area contributed by atoms with Gasteiger partial charge in [-0.3, -0.25) is 0 Å². The first-order chi connectivity index (χ1) is 11.4. The highest BCUT2D eigenvalue weighted by Gasteiger charge is 2.15. The van der Waals surface area contributed by atoms with Crippen LogP contribution in [-0.2, 0) is 13.2 Å². The van der Waals surface area contributed by atoms with E-state index in [-0.39, 0.29) is 30.4 Å². The highest BCUT2D eigenvalue weighted by molar-refractivity contribution is 5.85. The molecule has 0 radical (unpaired) electrons. The molecule has 0 saturated heterocycles. The van der Waals surface area contributed by atoms with Gasteiger partial charge in [-0.05, 0) is 49.2 Å². The summed E-state index contributed by atoms with van der Waals surface area (Å²) < 4.78 is 24.1. The van der Waals surface area contributed by atoms with Crippen LogP contribution in [0.15, 0.2) is 42.5 Å². The largest absolute Gasteiger partial charge is 0.493 e. The molecule has 2 aromatic rings. The van der Waals surface area contributed by atoms with Crippen LogP contribution in [-0.4, -0.2) is 24.4 Å². The monoisotopic (exact) mass is 369 g/mol. The number of aliphatic hydroxyl groups excluding tert-OH is 1. The SMILES string of the molecule is COc1cc(CNC(C)(C)CO)ccc1OCc1ccc(F)cc1.Cl. The number of hydrogen-bond acceptors (Lipinski definition) is 4. The Bertz CT molecular complexity index is 662. The average molecular weight is 370 g/mol. The molecule has 0 spiro atoms. The van der Waals surface area contributed by atoms with Gasteiger partial charge >= 0.3 is 0 Å². The zero-order chi connectivity index (χ0) is 17.6. The molecule has 0 saturated carbocycles. The Kier molecular flexibility index (Phi) is 8.16. The maximum Gasteiger partial charge on any atom is 0.161 e. The van der Waals surface area contributed by atoms with Gasteiger partial charge in [0.2, 0.25) is 0 Å². The third kappa shape index (κ3) is 6.53. The van der Waals surface area contributed by atoms with Crippen molar-refractivity contribution in [1.29, 1.82) is 0 Å². The second kappa shape index (κ2) is 9.61. The summed E-state index contributed by atoms with van der Waals surface area (Å²) in [7, 11) is 1.59. The first-order valence-corrected chi connectivity index (χ1v) is 7.83. The number of methoxy groups -OCH3 is 1. The van der Waals surface area contributed by atoms with Crippen molar-refractivity contribution >= 4 is 12.4 Å². The van der Waals surface area contributed by atoms with E-state index >= 15 is 0 Å². The second-order valence-electron chi connectivity index (χ2n) is 6.30. The Morgan fingerprint density at radius 2 is 1.68 bits per heavy atom. The van der Waals surface area contributed by atoms with Crippen molar-refractivity contribution in [1.82, 2.24) is 5.32 Å². The van der Waals surface area contributed by atoms with Crippen molar-refractivity contribution in [2.75, 3.05) is 13.7 Å². The standard InChI is InChI=1S/C19H24FNO3.ClH/c1-19(2,13-22)21-11-15-6-9-17(18(10-15)23-3)24-12-14-4-7-16(20)8-5-14;/h4-10,21-22H,11-13H2,1-3H3;1H. The molecule has 0 aliphatic rings. The minimum absolute atomic E-state index is 0. The molecule has 25 heavy (non-hydrogen) atoms. The fourth-order valence-electron chi connectivity index (χ4n) is 2.08. The normalized spacial score (nSPS) is 10.9. The van der Waals surface area contributed by atoms with E-state index in [9.17, 15) is 9.50 Å². The molecule has 4 nitrogen and oxygen atoms in total. The van der Waals surface area contributed by atoms with Crippen LogP contribution in [0.3, 0.4) is 0 Å². The van der Waals surface area contributed by atoms with Gasteiger partial charge in [0, 0.05) is 12.1 Å². The van der Waals surface area contributed by atoms with Crippen LogP contribution < -0.4 is 14.8 Å². The van der Waals surface area contributed by atoms with E-state index < -0.39 is 0 Å². The fraction of sp³-hybridized carbons (Fsp3) is 0.368. The van der Waals surface area contributed by atoms with E-state index in [1.165, 1.54) is 12.1 Å². The van der Waals surface area contributed by atoms with Gasteiger partial charge in [-0.1, -0.05) is 18.2 Å². The quantitative estimate of drug-likeness (QED) is 0.745. The van der Waals surface area contributed by atoms with Crippen molar-refractivity contribution in [2.45, 2.75) is 32.5 Å². The molecule has 2 N–H and O–H groups in total. The van der Waals surface area contributed by atoms with E-state index in [4.69, 9.17) is 9.47 Å². The second-order valence-corrected chi connectivity index (χ2v) is 6.30. The molecular formula is C19H25ClFNO3. The van der Waals surface area contributed by atoms with Crippen LogP contribution in [0.2, 0.25) is 0 Å². The molecule has 0 amide bonds. The van der Waals surface area contributed by atoms with Gasteiger partial charge < -0.3 is 19.9 Å². The highest BCUT2D eigenvalue weighted by Crippen LogP contribution is 2.29. The number of halogens is 2. The van der Waals surface area contributed by atoms with Gasteiger partial charge in [-0.25, -0.2) is 4.39 Å². The maximum atomic E-state index is 12.9. The predicted molar refractivity (Wildman–Crippen MR) is 99.0 cm³/mol. The van der Waals surface area contributed by atoms with Crippen molar-refractivity contribution < 1.29 is 19.0 Å². The molecular weight excluding hydrogens is 345 g/mol. The topological polar surface area (TPSA) is 50.7 Å². The van der Waals surface area contributed by atoms with Crippen LogP contribution >= 0.6 is 12.4 Å². The van der Waals surface area contributed by atoms with Gasteiger partial charge in [0.1, 0.15) is 12.4 Å². The Morgan fingerprint density at radius 3 is 2.28 bits per heavy atom. The molecule has 2 aromatic carbocycles. The number of nitrogens with one attached hydrogen (secondary N) is 1. The van der Waals surface area contributed by atoms with Gasteiger partial charge in [-0.15, -0.1) is 12.4 Å². The van der Waals surface area contributed by atoms with Crippen LogP contribution in [0, 0.1) is 5.82 Å². The molecule has 0 heterocycles. The summed E-state index contributed by atoms with van der Waals surface area (Å²) in [4.78, 5) is 0. The van der Waals surface area contributed by atoms with E-state index in [1.54, 1.807) is 19.2 Å². The Morgan fingerprint density at radius 1 is 1.04 bits per heavy atom. The highest BCUT2D eigenvalue weighted by atomic mass is 35.5. The number of ether oxygens (including phenoxy) is 2. The van der Waals surface area contributed by atoms with Crippen LogP contribution in [0.4, 0.5) is 4.39 Å². The molecule has 2 rings (SSSR count). The third-order valence-corrected chi connectivity index (χ3v) is 3.70. The summed E-state index contributed by atoms with van der Waals surface area (Å²) in [5.41, 5.74) is 1.57. The molecule has 6 heteroatoms. The number of hydrogen-bond donors (Lipinski definition) is 2. The molecule has 0 atom stereocenters. The zero-order valence-electron chi connectivity index (χ0n) is 14.7. The summed E-state index contributed by atoms with van der Waals surface area (Å²) in [6.45, 7) is 4.88. The van der Waals surface area contributed by atoms with Gasteiger partial charge in [0.25, 0.3) is 0 Å². The molecule has 0 aliphatic carbocycles. The average Bonchev–Trinajstić information content (AvgIpc) is 2.60. The van der Waals surface area contributed by atoms with Gasteiger partial charge in [0.05, 0.1) is 13.7 Å². The molecule has 0 aromatic heterocycles. The number of aliphatic hydroxyl groups is 1. The first kappa shape index (κ1) is 21.2. The number of rotatable bonds is 8. The van der Waals surface area contributed by atoms with Crippen LogP contribution in [0.1, 0.15) is 25.0 Å². The number of benzene rings is 2. The molecule has 0 fully saturated rings. The zero-order valence-corrected chi connectivity index (χ0v) is 15.5. The molecule has 0 bridgehead atoms. The van der Waals surface area contributed by atoms with E-state index in [0.29, 0.717) is 24.7 Å². The predicted octanol–water partition coefficient (Wildman–Crippen LogP) is 3.70. The Labute approximate surface area is 154 Å². The van der Waals surface area contributed by atoms with Gasteiger partial charge in [-0.2, -0.15) is 0 Å². The first-order valence-electron chi connectivity index (χ1n) is 7.83. The maximum absolute atomic E-state index is 12.9.